The van der Waals surface area contributed by atoms with Crippen molar-refractivity contribution in [2.24, 2.45) is 0 Å². The first kappa shape index (κ1) is 16.4. The maximum absolute atomic E-state index is 13.6. The smallest absolute Gasteiger partial charge is 0.417 e. The summed E-state index contributed by atoms with van der Waals surface area (Å²) >= 11 is 0. The predicted octanol–water partition coefficient (Wildman–Crippen LogP) is 5.20. The zero-order valence-corrected chi connectivity index (χ0v) is 13.6. The normalized spacial score (nSPS) is 12.6. The second-order valence-corrected chi connectivity index (χ2v) is 6.49. The van der Waals surface area contributed by atoms with Crippen LogP contribution in [-0.2, 0) is 6.18 Å². The number of rotatable bonds is 2. The molecule has 0 bridgehead atoms. The number of nitrogens with zero attached hydrogens (tertiary/aromatic N) is 2. The number of imidazole rings is 1. The summed E-state index contributed by atoms with van der Waals surface area (Å²) in [6.07, 6.45) is -1.29. The Labute approximate surface area is 137 Å². The summed E-state index contributed by atoms with van der Waals surface area (Å²) in [7, 11) is 0. The standard InChI is InChI=1S/C18H17F3N2O/c1-17(2,3)24-12-7-8-13(14(11-12)18(19,20)21)15-5-4-6-16-22-9-10-23(15)16/h4-11H,1-3H3. The third kappa shape index (κ3) is 3.22. The van der Waals surface area contributed by atoms with Crippen molar-refractivity contribution in [3.63, 3.8) is 0 Å². The van der Waals surface area contributed by atoms with Crippen LogP contribution < -0.4 is 4.74 Å². The molecule has 1 aromatic carbocycles. The van der Waals surface area contributed by atoms with Gasteiger partial charge >= 0.3 is 6.18 Å². The van der Waals surface area contributed by atoms with E-state index in [2.05, 4.69) is 4.98 Å². The molecule has 0 aliphatic carbocycles. The Morgan fingerprint density at radius 2 is 1.79 bits per heavy atom. The van der Waals surface area contributed by atoms with Gasteiger partial charge in [-0.2, -0.15) is 13.2 Å². The first-order chi connectivity index (χ1) is 11.1. The van der Waals surface area contributed by atoms with Crippen molar-refractivity contribution in [1.82, 2.24) is 9.38 Å². The maximum atomic E-state index is 13.6. The second kappa shape index (κ2) is 5.54. The average Bonchev–Trinajstić information content (AvgIpc) is 2.93. The van der Waals surface area contributed by atoms with Gasteiger partial charge in [0.15, 0.2) is 0 Å². The third-order valence-electron chi connectivity index (χ3n) is 3.42. The lowest BCUT2D eigenvalue weighted by atomic mass is 10.0. The van der Waals surface area contributed by atoms with E-state index in [1.165, 1.54) is 6.07 Å². The molecule has 0 aliphatic heterocycles. The highest BCUT2D eigenvalue weighted by Crippen LogP contribution is 2.39. The molecule has 0 unspecified atom stereocenters. The van der Waals surface area contributed by atoms with Crippen LogP contribution in [0.5, 0.6) is 5.75 Å². The molecular formula is C18H17F3N2O. The van der Waals surface area contributed by atoms with E-state index in [1.807, 2.05) is 0 Å². The number of fused-ring (bicyclic) bond motifs is 1. The van der Waals surface area contributed by atoms with Gasteiger partial charge in [-0.1, -0.05) is 6.07 Å². The predicted molar refractivity (Wildman–Crippen MR) is 86.0 cm³/mol. The molecule has 0 amide bonds. The van der Waals surface area contributed by atoms with Gasteiger partial charge in [0.2, 0.25) is 0 Å². The van der Waals surface area contributed by atoms with Crippen LogP contribution in [0, 0.1) is 0 Å². The van der Waals surface area contributed by atoms with Crippen LogP contribution in [0.15, 0.2) is 48.8 Å². The molecule has 0 spiro atoms. The van der Waals surface area contributed by atoms with E-state index in [9.17, 15) is 13.2 Å². The van der Waals surface area contributed by atoms with Crippen LogP contribution in [-0.4, -0.2) is 15.0 Å². The molecule has 3 nitrogen and oxygen atoms in total. The molecule has 2 heterocycles. The number of halogens is 3. The van der Waals surface area contributed by atoms with E-state index in [-0.39, 0.29) is 11.3 Å². The molecule has 0 radical (unpaired) electrons. The average molecular weight is 334 g/mol. The second-order valence-electron chi connectivity index (χ2n) is 6.49. The van der Waals surface area contributed by atoms with E-state index >= 15 is 0 Å². The Morgan fingerprint density at radius 3 is 2.46 bits per heavy atom. The number of ether oxygens (including phenoxy) is 1. The Hall–Kier alpha value is -2.50. The number of hydrogen-bond acceptors (Lipinski definition) is 2. The summed E-state index contributed by atoms with van der Waals surface area (Å²) in [5.74, 6) is 0.191. The highest BCUT2D eigenvalue weighted by atomic mass is 19.4. The first-order valence-corrected chi connectivity index (χ1v) is 7.48. The lowest BCUT2D eigenvalue weighted by molar-refractivity contribution is -0.137. The van der Waals surface area contributed by atoms with E-state index < -0.39 is 17.3 Å². The molecule has 0 fully saturated rings. The number of pyridine rings is 1. The van der Waals surface area contributed by atoms with E-state index in [0.717, 1.165) is 6.07 Å². The number of benzene rings is 1. The van der Waals surface area contributed by atoms with Crippen molar-refractivity contribution in [2.45, 2.75) is 32.5 Å². The monoisotopic (exact) mass is 334 g/mol. The highest BCUT2D eigenvalue weighted by Gasteiger charge is 2.35. The zero-order chi connectivity index (χ0) is 17.5. The fraction of sp³-hybridized carbons (Fsp3) is 0.278. The van der Waals surface area contributed by atoms with Gasteiger partial charge < -0.3 is 4.74 Å². The van der Waals surface area contributed by atoms with Crippen LogP contribution in [0.1, 0.15) is 26.3 Å². The van der Waals surface area contributed by atoms with Crippen molar-refractivity contribution in [3.05, 3.63) is 54.4 Å². The Morgan fingerprint density at radius 1 is 1.04 bits per heavy atom. The summed E-state index contributed by atoms with van der Waals surface area (Å²) < 4.78 is 48.0. The lowest BCUT2D eigenvalue weighted by Gasteiger charge is -2.23. The molecule has 2 aromatic heterocycles. The van der Waals surface area contributed by atoms with Gasteiger partial charge in [-0.25, -0.2) is 4.98 Å². The summed E-state index contributed by atoms with van der Waals surface area (Å²) in [5, 5.41) is 0. The van der Waals surface area contributed by atoms with E-state index in [4.69, 9.17) is 4.74 Å². The van der Waals surface area contributed by atoms with Gasteiger partial charge in [0.25, 0.3) is 0 Å². The third-order valence-corrected chi connectivity index (χ3v) is 3.42. The molecule has 0 saturated heterocycles. The minimum Gasteiger partial charge on any atom is -0.488 e. The fourth-order valence-corrected chi connectivity index (χ4v) is 2.57. The van der Waals surface area contributed by atoms with Gasteiger partial charge in [0.05, 0.1) is 11.3 Å². The lowest BCUT2D eigenvalue weighted by Crippen LogP contribution is -2.23. The van der Waals surface area contributed by atoms with Gasteiger partial charge in [0, 0.05) is 18.0 Å². The van der Waals surface area contributed by atoms with Gasteiger partial charge in [0.1, 0.15) is 17.0 Å². The van der Waals surface area contributed by atoms with E-state index in [1.54, 1.807) is 61.8 Å². The summed E-state index contributed by atoms with van der Waals surface area (Å²) in [5.41, 5.74) is -0.192. The van der Waals surface area contributed by atoms with Crippen LogP contribution in [0.2, 0.25) is 0 Å². The number of aromatic nitrogens is 2. The van der Waals surface area contributed by atoms with Crippen molar-refractivity contribution >= 4 is 5.65 Å². The van der Waals surface area contributed by atoms with Crippen LogP contribution >= 0.6 is 0 Å². The molecule has 126 valence electrons. The topological polar surface area (TPSA) is 26.5 Å². The molecular weight excluding hydrogens is 317 g/mol. The quantitative estimate of drug-likeness (QED) is 0.644. The highest BCUT2D eigenvalue weighted by molar-refractivity contribution is 5.69. The molecule has 0 atom stereocenters. The number of alkyl halides is 3. The summed E-state index contributed by atoms with van der Waals surface area (Å²) in [6.45, 7) is 5.38. The summed E-state index contributed by atoms with van der Waals surface area (Å²) in [4.78, 5) is 4.12. The minimum atomic E-state index is -4.49. The van der Waals surface area contributed by atoms with E-state index in [0.29, 0.717) is 11.3 Å². The molecule has 3 rings (SSSR count). The molecule has 0 saturated carbocycles. The van der Waals surface area contributed by atoms with Gasteiger partial charge in [-0.05, 0) is 51.1 Å². The van der Waals surface area contributed by atoms with Gasteiger partial charge in [-0.15, -0.1) is 0 Å². The Balaban J connectivity index is 2.19. The molecule has 6 heteroatoms. The zero-order valence-electron chi connectivity index (χ0n) is 13.6. The largest absolute Gasteiger partial charge is 0.488 e. The Bertz CT molecular complexity index is 876. The maximum Gasteiger partial charge on any atom is 0.417 e. The number of hydrogen-bond donors (Lipinski definition) is 0. The SMILES string of the molecule is CC(C)(C)Oc1ccc(-c2cccc3nccn23)c(C(F)(F)F)c1. The fourth-order valence-electron chi connectivity index (χ4n) is 2.57. The van der Waals surface area contributed by atoms with Crippen molar-refractivity contribution < 1.29 is 17.9 Å². The molecule has 0 aliphatic rings. The molecule has 24 heavy (non-hydrogen) atoms. The van der Waals surface area contributed by atoms with Crippen LogP contribution in [0.4, 0.5) is 13.2 Å². The first-order valence-electron chi connectivity index (χ1n) is 7.48. The van der Waals surface area contributed by atoms with Crippen LogP contribution in [0.3, 0.4) is 0 Å². The minimum absolute atomic E-state index is 0.0901. The van der Waals surface area contributed by atoms with Crippen molar-refractivity contribution in [2.75, 3.05) is 0 Å². The van der Waals surface area contributed by atoms with Crippen molar-refractivity contribution in [1.29, 1.82) is 0 Å². The molecule has 0 N–H and O–H groups in total. The Kier molecular flexibility index (Phi) is 3.78. The molecule has 3 aromatic rings. The van der Waals surface area contributed by atoms with Gasteiger partial charge in [-0.3, -0.25) is 4.40 Å². The summed E-state index contributed by atoms with van der Waals surface area (Å²) in [6, 6.07) is 9.13. The van der Waals surface area contributed by atoms with Crippen molar-refractivity contribution in [3.8, 4) is 17.0 Å². The van der Waals surface area contributed by atoms with Crippen LogP contribution in [0.25, 0.3) is 16.9 Å².